The minimum atomic E-state index is -0.383. The number of fused-ring (bicyclic) bond motifs is 1. The van der Waals surface area contributed by atoms with E-state index in [0.29, 0.717) is 5.69 Å². The number of aromatic nitrogens is 2. The van der Waals surface area contributed by atoms with Gasteiger partial charge in [-0.25, -0.2) is 4.98 Å². The molecule has 0 aliphatic carbocycles. The summed E-state index contributed by atoms with van der Waals surface area (Å²) in [4.78, 5) is 22.7. The molecule has 2 N–H and O–H groups in total. The molecule has 6 heteroatoms. The van der Waals surface area contributed by atoms with Crippen LogP contribution in [0.3, 0.4) is 0 Å². The number of primary amides is 1. The molecule has 3 aromatic rings. The minimum absolute atomic E-state index is 0. The van der Waals surface area contributed by atoms with Crippen LogP contribution in [-0.2, 0) is 16.0 Å². The number of rotatable bonds is 4. The van der Waals surface area contributed by atoms with Crippen LogP contribution in [0.15, 0.2) is 48.7 Å². The zero-order chi connectivity index (χ0) is 19.7. The fraction of sp³-hybridized carbons (Fsp3) is 0.318. The van der Waals surface area contributed by atoms with Gasteiger partial charge in [-0.15, -0.1) is 0 Å². The van der Waals surface area contributed by atoms with Gasteiger partial charge in [-0.2, -0.15) is 0 Å². The number of morpholine rings is 1. The van der Waals surface area contributed by atoms with E-state index in [9.17, 15) is 4.79 Å². The third-order valence-corrected chi connectivity index (χ3v) is 4.91. The molecular formula is C22H26N4O2. The van der Waals surface area contributed by atoms with Gasteiger partial charge in [0.2, 0.25) is 5.91 Å². The predicted octanol–water partition coefficient (Wildman–Crippen LogP) is 3.18. The number of pyridine rings is 2. The van der Waals surface area contributed by atoms with Gasteiger partial charge in [-0.3, -0.25) is 9.78 Å². The molecule has 3 heterocycles. The lowest BCUT2D eigenvalue weighted by Gasteiger charge is -2.36. The van der Waals surface area contributed by atoms with E-state index in [-0.39, 0.29) is 26.0 Å². The highest BCUT2D eigenvalue weighted by Crippen LogP contribution is 2.26. The van der Waals surface area contributed by atoms with E-state index in [0.717, 1.165) is 40.9 Å². The van der Waals surface area contributed by atoms with Crippen LogP contribution < -0.4 is 10.6 Å². The van der Waals surface area contributed by atoms with Crippen molar-refractivity contribution in [3.8, 4) is 11.3 Å². The summed E-state index contributed by atoms with van der Waals surface area (Å²) in [5.74, 6) is 0.579. The van der Waals surface area contributed by atoms with Crippen LogP contribution in [0.2, 0.25) is 0 Å². The van der Waals surface area contributed by atoms with Gasteiger partial charge in [0.25, 0.3) is 0 Å². The topological polar surface area (TPSA) is 81.3 Å². The molecule has 28 heavy (non-hydrogen) atoms. The Morgan fingerprint density at radius 2 is 1.96 bits per heavy atom. The normalized spacial score (nSPS) is 19.7. The highest BCUT2D eigenvalue weighted by atomic mass is 16.5. The number of hydrogen-bond donors (Lipinski definition) is 1. The molecule has 146 valence electrons. The molecule has 1 amide bonds. The van der Waals surface area contributed by atoms with Crippen molar-refractivity contribution in [1.82, 2.24) is 9.97 Å². The van der Waals surface area contributed by atoms with Gasteiger partial charge in [-0.1, -0.05) is 18.2 Å². The largest absolute Gasteiger partial charge is 0.372 e. The fourth-order valence-electron chi connectivity index (χ4n) is 3.75. The van der Waals surface area contributed by atoms with Crippen molar-refractivity contribution in [1.29, 1.82) is 0 Å². The van der Waals surface area contributed by atoms with Crippen molar-refractivity contribution in [2.24, 2.45) is 5.73 Å². The summed E-state index contributed by atoms with van der Waals surface area (Å²) in [6.07, 6.45) is 2.29. The number of nitrogens with two attached hydrogens (primary N) is 1. The zero-order valence-electron chi connectivity index (χ0n) is 16.1. The second-order valence-corrected chi connectivity index (χ2v) is 7.42. The van der Waals surface area contributed by atoms with E-state index in [1.807, 2.05) is 30.3 Å². The molecule has 1 aromatic carbocycles. The molecule has 6 nitrogen and oxygen atoms in total. The lowest BCUT2D eigenvalue weighted by Crippen LogP contribution is -2.45. The molecule has 2 aromatic heterocycles. The molecule has 1 aliphatic rings. The Bertz CT molecular complexity index is 1020. The van der Waals surface area contributed by atoms with Gasteiger partial charge in [0.05, 0.1) is 30.0 Å². The van der Waals surface area contributed by atoms with Crippen LogP contribution in [0.1, 0.15) is 21.0 Å². The highest BCUT2D eigenvalue weighted by molar-refractivity contribution is 5.87. The van der Waals surface area contributed by atoms with Crippen molar-refractivity contribution < 1.29 is 11.0 Å². The minimum Gasteiger partial charge on any atom is -0.372 e. The smallest absolute Gasteiger partial charge is 0.223 e. The molecule has 1 unspecified atom stereocenters. The summed E-state index contributed by atoms with van der Waals surface area (Å²) >= 11 is 0. The zero-order valence-corrected chi connectivity index (χ0v) is 16.1. The molecule has 4 rings (SSSR count). The standard InChI is InChI=1S/C22H24N4O2.H2/c1-14-12-26(13-15(2)28-14)22-5-3-4-20(25-22)16-6-7-17-11-24-19(10-21(23)27)9-18(17)8-16;/h3-9,11,14-15H,10,12-13H2,1-2H3,(H2,23,27);1H/t14-,15?;/m0./s1. The maximum absolute atomic E-state index is 11.2. The number of anilines is 1. The number of hydrogen-bond acceptors (Lipinski definition) is 5. The predicted molar refractivity (Wildman–Crippen MR) is 112 cm³/mol. The number of carbonyl (C=O) groups excluding carboxylic acids is 1. The third-order valence-electron chi connectivity index (χ3n) is 4.91. The summed E-state index contributed by atoms with van der Waals surface area (Å²) in [5.41, 5.74) is 7.91. The first-order valence-corrected chi connectivity index (χ1v) is 9.53. The first-order valence-electron chi connectivity index (χ1n) is 9.53. The molecule has 1 saturated heterocycles. The van der Waals surface area contributed by atoms with Crippen molar-refractivity contribution in [3.05, 3.63) is 54.4 Å². The van der Waals surface area contributed by atoms with E-state index in [4.69, 9.17) is 15.5 Å². The van der Waals surface area contributed by atoms with Gasteiger partial charge in [0.1, 0.15) is 5.82 Å². The van der Waals surface area contributed by atoms with Gasteiger partial charge >= 0.3 is 0 Å². The first-order chi connectivity index (χ1) is 13.5. The number of carbonyl (C=O) groups is 1. The second-order valence-electron chi connectivity index (χ2n) is 7.42. The molecule has 1 fully saturated rings. The monoisotopic (exact) mass is 378 g/mol. The van der Waals surface area contributed by atoms with Gasteiger partial charge in [-0.05, 0) is 43.5 Å². The number of ether oxygens (including phenoxy) is 1. The maximum atomic E-state index is 11.2. The van der Waals surface area contributed by atoms with E-state index in [1.165, 1.54) is 0 Å². The Hall–Kier alpha value is -2.99. The van der Waals surface area contributed by atoms with E-state index in [1.54, 1.807) is 6.20 Å². The molecule has 1 aliphatic heterocycles. The molecule has 2 atom stereocenters. The van der Waals surface area contributed by atoms with Gasteiger partial charge in [0.15, 0.2) is 0 Å². The molecule has 0 bridgehead atoms. The summed E-state index contributed by atoms with van der Waals surface area (Å²) < 4.78 is 5.83. The lowest BCUT2D eigenvalue weighted by molar-refractivity contribution is -0.117. The Kier molecular flexibility index (Phi) is 4.96. The van der Waals surface area contributed by atoms with E-state index >= 15 is 0 Å². The molecule has 0 spiro atoms. The Morgan fingerprint density at radius 3 is 2.71 bits per heavy atom. The number of amides is 1. The summed E-state index contributed by atoms with van der Waals surface area (Å²) in [5, 5.41) is 2.04. The Labute approximate surface area is 165 Å². The van der Waals surface area contributed by atoms with Crippen LogP contribution >= 0.6 is 0 Å². The summed E-state index contributed by atoms with van der Waals surface area (Å²) in [6, 6.07) is 14.2. The van der Waals surface area contributed by atoms with Crippen LogP contribution in [-0.4, -0.2) is 41.2 Å². The molecule has 0 saturated carbocycles. The summed E-state index contributed by atoms with van der Waals surface area (Å²) in [7, 11) is 0. The van der Waals surface area contributed by atoms with Crippen LogP contribution in [0.25, 0.3) is 22.0 Å². The Morgan fingerprint density at radius 1 is 1.18 bits per heavy atom. The average Bonchev–Trinajstić information content (AvgIpc) is 2.66. The van der Waals surface area contributed by atoms with Crippen LogP contribution in [0.4, 0.5) is 5.82 Å². The van der Waals surface area contributed by atoms with Crippen molar-refractivity contribution in [2.75, 3.05) is 18.0 Å². The maximum Gasteiger partial charge on any atom is 0.223 e. The summed E-state index contributed by atoms with van der Waals surface area (Å²) in [6.45, 7) is 5.85. The van der Waals surface area contributed by atoms with Crippen LogP contribution in [0, 0.1) is 0 Å². The van der Waals surface area contributed by atoms with E-state index < -0.39 is 0 Å². The third kappa shape index (κ3) is 3.97. The molecule has 0 radical (unpaired) electrons. The van der Waals surface area contributed by atoms with Crippen molar-refractivity contribution in [2.45, 2.75) is 32.5 Å². The number of benzene rings is 1. The van der Waals surface area contributed by atoms with Gasteiger partial charge in [0, 0.05) is 31.7 Å². The quantitative estimate of drug-likeness (QED) is 0.754. The van der Waals surface area contributed by atoms with Gasteiger partial charge < -0.3 is 15.4 Å². The Balaban J connectivity index is 0.00000240. The average molecular weight is 378 g/mol. The fourth-order valence-corrected chi connectivity index (χ4v) is 3.75. The van der Waals surface area contributed by atoms with E-state index in [2.05, 4.69) is 35.9 Å². The molecular weight excluding hydrogens is 352 g/mol. The first kappa shape index (κ1) is 18.4. The SMILES string of the molecule is CC1CN(c2cccc(-c3ccc4cnc(CC(N)=O)cc4c3)n2)C[C@H](C)O1.[HH]. The van der Waals surface area contributed by atoms with Crippen LogP contribution in [0.5, 0.6) is 0 Å². The van der Waals surface area contributed by atoms with Crippen molar-refractivity contribution >= 4 is 22.5 Å². The second kappa shape index (κ2) is 7.56. The lowest BCUT2D eigenvalue weighted by atomic mass is 10.0. The number of nitrogens with zero attached hydrogens (tertiary/aromatic N) is 3. The highest BCUT2D eigenvalue weighted by Gasteiger charge is 2.23. The van der Waals surface area contributed by atoms with Crippen molar-refractivity contribution in [3.63, 3.8) is 0 Å².